The lowest BCUT2D eigenvalue weighted by molar-refractivity contribution is 0.669. The average Bonchev–Trinajstić information content (AvgIpc) is 3.67. The van der Waals surface area contributed by atoms with E-state index >= 15 is 0 Å². The van der Waals surface area contributed by atoms with Crippen molar-refractivity contribution in [3.63, 3.8) is 0 Å². The van der Waals surface area contributed by atoms with E-state index in [0.717, 1.165) is 56.1 Å². The molecule has 1 spiro atoms. The molecule has 0 N–H and O–H groups in total. The summed E-state index contributed by atoms with van der Waals surface area (Å²) in [6, 6.07) is 104. The Hall–Kier alpha value is -10.2. The molecule has 1 aliphatic heterocycles. The van der Waals surface area contributed by atoms with Gasteiger partial charge in [0.05, 0.1) is 33.2 Å². The third kappa shape index (κ3) is 6.40. The minimum atomic E-state index is -0.546. The van der Waals surface area contributed by atoms with Crippen molar-refractivity contribution in [2.45, 2.75) is 5.41 Å². The van der Waals surface area contributed by atoms with Crippen LogP contribution in [0.3, 0.4) is 0 Å². The van der Waals surface area contributed by atoms with Crippen molar-refractivity contribution in [2.24, 2.45) is 0 Å². The van der Waals surface area contributed by atoms with Crippen LogP contribution in [0.25, 0.3) is 82.8 Å². The molecule has 4 heteroatoms. The van der Waals surface area contributed by atoms with Crippen LogP contribution >= 0.6 is 0 Å². The maximum Gasteiger partial charge on any atom is 0.137 e. The second kappa shape index (κ2) is 16.9. The summed E-state index contributed by atoms with van der Waals surface area (Å²) in [5.41, 5.74) is 23.5. The number of anilines is 6. The van der Waals surface area contributed by atoms with Crippen LogP contribution in [-0.4, -0.2) is 4.57 Å². The van der Waals surface area contributed by atoms with E-state index < -0.39 is 5.41 Å². The van der Waals surface area contributed by atoms with E-state index in [9.17, 15) is 0 Å². The molecule has 1 aliphatic carbocycles. The fourth-order valence-corrected chi connectivity index (χ4v) is 13.1. The molecule has 0 saturated carbocycles. The number of hydrogen-bond donors (Lipinski definition) is 0. The fraction of sp³-hybridized carbons (Fsp3) is 0.0137. The number of hydrogen-bond acceptors (Lipinski definition) is 3. The summed E-state index contributed by atoms with van der Waals surface area (Å²) in [5, 5.41) is 4.63. The molecule has 0 radical (unpaired) electrons. The molecule has 4 nitrogen and oxygen atoms in total. The lowest BCUT2D eigenvalue weighted by atomic mass is 9.65. The second-order valence-electron chi connectivity index (χ2n) is 20.4. The Bertz CT molecular complexity index is 4530. The van der Waals surface area contributed by atoms with Crippen molar-refractivity contribution in [3.8, 4) is 39.1 Å². The van der Waals surface area contributed by atoms with E-state index in [0.29, 0.717) is 0 Å². The van der Waals surface area contributed by atoms with E-state index in [-0.39, 0.29) is 0 Å². The van der Waals surface area contributed by atoms with Crippen molar-refractivity contribution < 1.29 is 4.42 Å². The first kappa shape index (κ1) is 43.3. The van der Waals surface area contributed by atoms with Crippen molar-refractivity contribution in [2.75, 3.05) is 9.80 Å². The van der Waals surface area contributed by atoms with Gasteiger partial charge in [0.15, 0.2) is 0 Å². The third-order valence-corrected chi connectivity index (χ3v) is 16.4. The normalized spacial score (nSPS) is 14.0. The topological polar surface area (TPSA) is 24.6 Å². The Morgan fingerprint density at radius 2 is 0.844 bits per heavy atom. The molecule has 12 aromatic carbocycles. The predicted molar refractivity (Wildman–Crippen MR) is 319 cm³/mol. The Morgan fingerprint density at radius 1 is 0.312 bits per heavy atom. The quantitative estimate of drug-likeness (QED) is 0.152. The predicted octanol–water partition coefficient (Wildman–Crippen LogP) is 19.6. The molecular formula is C73H47N3O. The minimum Gasteiger partial charge on any atom is -0.456 e. The van der Waals surface area contributed by atoms with Crippen LogP contribution in [-0.2, 0) is 5.41 Å². The molecule has 14 aromatic rings. The second-order valence-corrected chi connectivity index (χ2v) is 20.4. The number of para-hydroxylation sites is 4. The number of aromatic nitrogens is 1. The Labute approximate surface area is 446 Å². The summed E-state index contributed by atoms with van der Waals surface area (Å²) >= 11 is 0. The monoisotopic (exact) mass is 981 g/mol. The van der Waals surface area contributed by atoms with Crippen LogP contribution in [0.2, 0.25) is 0 Å². The van der Waals surface area contributed by atoms with Gasteiger partial charge in [-0.25, -0.2) is 0 Å². The molecule has 1 unspecified atom stereocenters. The zero-order valence-corrected chi connectivity index (χ0v) is 41.9. The largest absolute Gasteiger partial charge is 0.456 e. The van der Waals surface area contributed by atoms with Crippen LogP contribution in [0.15, 0.2) is 290 Å². The number of furan rings is 1. The van der Waals surface area contributed by atoms with E-state index in [2.05, 4.69) is 299 Å². The number of rotatable bonds is 8. The molecule has 2 aliphatic rings. The molecule has 360 valence electrons. The maximum atomic E-state index is 6.85. The van der Waals surface area contributed by atoms with Gasteiger partial charge in [-0.2, -0.15) is 0 Å². The van der Waals surface area contributed by atoms with E-state index in [1.165, 1.54) is 83.1 Å². The van der Waals surface area contributed by atoms with Crippen LogP contribution in [0, 0.1) is 0 Å². The lowest BCUT2D eigenvalue weighted by Crippen LogP contribution is -2.33. The van der Waals surface area contributed by atoms with Gasteiger partial charge in [0.25, 0.3) is 0 Å². The molecule has 3 heterocycles. The Kier molecular flexibility index (Phi) is 9.52. The average molecular weight is 982 g/mol. The highest BCUT2D eigenvalue weighted by Gasteiger charge is 2.51. The first-order valence-electron chi connectivity index (χ1n) is 26.5. The van der Waals surface area contributed by atoms with Gasteiger partial charge >= 0.3 is 0 Å². The van der Waals surface area contributed by atoms with Crippen LogP contribution < -0.4 is 9.80 Å². The molecule has 0 fully saturated rings. The smallest absolute Gasteiger partial charge is 0.137 e. The SMILES string of the molecule is c1ccc(-c2ccc(N(c3ccc(-c4ccccc4)cc3)c3ccc4oc5cccc(N(c6ccccc6)c6ccc7c(c6)-c6ccccc6C76c7ccccc7-n7c8ccccc8c8cccc6c87)c5c4c3)cc2)cc1. The number of fused-ring (bicyclic) bond motifs is 15. The molecule has 16 rings (SSSR count). The number of benzene rings is 12. The van der Waals surface area contributed by atoms with Crippen LogP contribution in [0.5, 0.6) is 0 Å². The molecule has 0 bridgehead atoms. The highest BCUT2D eigenvalue weighted by Crippen LogP contribution is 2.62. The summed E-state index contributed by atoms with van der Waals surface area (Å²) in [6.45, 7) is 0. The van der Waals surface area contributed by atoms with E-state index in [1.54, 1.807) is 0 Å². The van der Waals surface area contributed by atoms with Gasteiger partial charge in [-0.3, -0.25) is 0 Å². The van der Waals surface area contributed by atoms with Crippen molar-refractivity contribution in [1.29, 1.82) is 0 Å². The molecule has 0 amide bonds. The van der Waals surface area contributed by atoms with E-state index in [1.807, 2.05) is 0 Å². The first-order valence-corrected chi connectivity index (χ1v) is 26.5. The van der Waals surface area contributed by atoms with Crippen LogP contribution in [0.1, 0.15) is 22.3 Å². The van der Waals surface area contributed by atoms with E-state index in [4.69, 9.17) is 4.42 Å². The molecule has 0 saturated heterocycles. The Morgan fingerprint density at radius 3 is 1.58 bits per heavy atom. The van der Waals surface area contributed by atoms with Gasteiger partial charge < -0.3 is 18.8 Å². The summed E-state index contributed by atoms with van der Waals surface area (Å²) < 4.78 is 9.36. The van der Waals surface area contributed by atoms with Gasteiger partial charge in [-0.15, -0.1) is 0 Å². The summed E-state index contributed by atoms with van der Waals surface area (Å²) in [6.07, 6.45) is 0. The van der Waals surface area contributed by atoms with Gasteiger partial charge in [-0.05, 0) is 147 Å². The molecule has 77 heavy (non-hydrogen) atoms. The fourth-order valence-electron chi connectivity index (χ4n) is 13.1. The van der Waals surface area contributed by atoms with Crippen molar-refractivity contribution >= 4 is 77.9 Å². The van der Waals surface area contributed by atoms with Crippen molar-refractivity contribution in [1.82, 2.24) is 4.57 Å². The summed E-state index contributed by atoms with van der Waals surface area (Å²) in [4.78, 5) is 4.78. The minimum absolute atomic E-state index is 0.546. The Balaban J connectivity index is 0.885. The van der Waals surface area contributed by atoms with Gasteiger partial charge in [-0.1, -0.05) is 194 Å². The summed E-state index contributed by atoms with van der Waals surface area (Å²) in [7, 11) is 0. The highest BCUT2D eigenvalue weighted by atomic mass is 16.3. The standard InChI is InChI=1S/C73H47N3O/c1-4-18-48(19-5-1)50-34-38-53(39-35-50)74(54-40-36-51(37-41-54)49-20-6-2-7-21-49)55-43-45-69-61(47-55)71-68(32-17-33-70(71)77-69)75(52-22-8-3-9-23-52)56-42-44-63-60(46-56)57-24-10-12-27-62(57)73(63)64-28-13-15-31-67(64)76-66-30-14-11-25-58(66)59-26-16-29-65(73)72(59)76/h1-47H. The number of nitrogens with zero attached hydrogens (tertiary/aromatic N) is 3. The molecule has 2 aromatic heterocycles. The molecular weight excluding hydrogens is 935 g/mol. The zero-order valence-electron chi connectivity index (χ0n) is 41.9. The lowest BCUT2D eigenvalue weighted by Gasteiger charge is -2.39. The van der Waals surface area contributed by atoms with Gasteiger partial charge in [0, 0.05) is 44.6 Å². The highest BCUT2D eigenvalue weighted by molar-refractivity contribution is 6.15. The van der Waals surface area contributed by atoms with Crippen LogP contribution in [0.4, 0.5) is 34.1 Å². The van der Waals surface area contributed by atoms with Crippen molar-refractivity contribution in [3.05, 3.63) is 307 Å². The van der Waals surface area contributed by atoms with Gasteiger partial charge in [0.2, 0.25) is 0 Å². The maximum absolute atomic E-state index is 6.85. The van der Waals surface area contributed by atoms with Gasteiger partial charge in [0.1, 0.15) is 11.2 Å². The molecule has 1 atom stereocenters. The third-order valence-electron chi connectivity index (χ3n) is 16.4. The summed E-state index contributed by atoms with van der Waals surface area (Å²) in [5.74, 6) is 0. The first-order chi connectivity index (χ1) is 38.2. The zero-order chi connectivity index (χ0) is 50.6.